The van der Waals surface area contributed by atoms with E-state index < -0.39 is 48.1 Å². The van der Waals surface area contributed by atoms with E-state index in [1.165, 1.54) is 4.90 Å². The van der Waals surface area contributed by atoms with Crippen LogP contribution in [0.1, 0.15) is 55.8 Å². The van der Waals surface area contributed by atoms with E-state index in [0.29, 0.717) is 12.0 Å². The number of carboxylic acids is 1. The lowest BCUT2D eigenvalue weighted by atomic mass is 10.0. The number of carbonyl (C=O) groups is 5. The van der Waals surface area contributed by atoms with E-state index in [1.54, 1.807) is 42.6 Å². The number of Topliss-reactive ketones (excluding diaryl/α,β-unsaturated/α-hetero) is 1. The molecule has 1 aromatic rings. The van der Waals surface area contributed by atoms with Gasteiger partial charge in [0.15, 0.2) is 5.78 Å². The van der Waals surface area contributed by atoms with Crippen LogP contribution >= 0.6 is 0 Å². The number of amides is 2. The van der Waals surface area contributed by atoms with Gasteiger partial charge in [0.2, 0.25) is 5.91 Å². The van der Waals surface area contributed by atoms with Crippen molar-refractivity contribution in [2.24, 2.45) is 0 Å². The molecule has 0 bridgehead atoms. The third kappa shape index (κ3) is 9.12. The van der Waals surface area contributed by atoms with E-state index in [0.717, 1.165) is 0 Å². The third-order valence-corrected chi connectivity index (χ3v) is 6.04. The second-order valence-corrected chi connectivity index (χ2v) is 8.79. The maximum atomic E-state index is 13.4. The van der Waals surface area contributed by atoms with Crippen molar-refractivity contribution in [2.75, 3.05) is 19.7 Å². The van der Waals surface area contributed by atoms with Crippen molar-refractivity contribution in [3.05, 3.63) is 35.9 Å². The number of esters is 1. The third-order valence-electron chi connectivity index (χ3n) is 6.04. The topological polar surface area (TPSA) is 142 Å². The minimum absolute atomic E-state index is 0.0129. The van der Waals surface area contributed by atoms with Crippen LogP contribution in [0.2, 0.25) is 0 Å². The van der Waals surface area contributed by atoms with Crippen molar-refractivity contribution in [3.8, 4) is 0 Å². The number of unbranched alkanes of at least 4 members (excludes halogenated alkanes) is 1. The number of hydrogen-bond acceptors (Lipinski definition) is 7. The highest BCUT2D eigenvalue weighted by atomic mass is 19.4. The zero-order valence-electron chi connectivity index (χ0n) is 21.0. The lowest BCUT2D eigenvalue weighted by Crippen LogP contribution is -2.54. The van der Waals surface area contributed by atoms with E-state index in [-0.39, 0.29) is 57.6 Å². The van der Waals surface area contributed by atoms with Gasteiger partial charge in [-0.15, -0.1) is 0 Å². The van der Waals surface area contributed by atoms with Gasteiger partial charge < -0.3 is 20.1 Å². The van der Waals surface area contributed by atoms with Crippen molar-refractivity contribution in [3.63, 3.8) is 0 Å². The predicted molar refractivity (Wildman–Crippen MR) is 128 cm³/mol. The van der Waals surface area contributed by atoms with Crippen LogP contribution in [-0.4, -0.2) is 83.5 Å². The van der Waals surface area contributed by atoms with Crippen LogP contribution in [0.15, 0.2) is 30.3 Å². The van der Waals surface area contributed by atoms with Crippen LogP contribution in [0.5, 0.6) is 0 Å². The highest BCUT2D eigenvalue weighted by Gasteiger charge is 2.39. The fourth-order valence-electron chi connectivity index (χ4n) is 4.16. The standard InChI is InChI=1S/C25H32F3N3O7/c1-2-38-23(36)18(15-20(32)16-9-4-3-5-10-16)30-17(11-6-7-13-29-24(37)25(26,27)28)21(33)31-14-8-12-19(31)22(34)35/h3-5,9-10,17-19,30H,2,6-8,11-15H2,1H3,(H,29,37)(H,34,35)/t17-,18?,19-/m0/s1. The van der Waals surface area contributed by atoms with Gasteiger partial charge in [-0.2, -0.15) is 13.2 Å². The molecule has 1 aliphatic rings. The first kappa shape index (κ1) is 30.7. The molecule has 13 heteroatoms. The Morgan fingerprint density at radius 1 is 1.11 bits per heavy atom. The Morgan fingerprint density at radius 3 is 2.39 bits per heavy atom. The highest BCUT2D eigenvalue weighted by molar-refractivity contribution is 5.99. The SMILES string of the molecule is CCOC(=O)C(CC(=O)c1ccccc1)N[C@@H](CCCCNC(=O)C(F)(F)F)C(=O)N1CCC[C@H]1C(=O)O. The molecule has 0 aliphatic carbocycles. The largest absolute Gasteiger partial charge is 0.480 e. The van der Waals surface area contributed by atoms with Crippen LogP contribution in [0.3, 0.4) is 0 Å². The molecule has 0 spiro atoms. The molecule has 10 nitrogen and oxygen atoms in total. The van der Waals surface area contributed by atoms with E-state index in [9.17, 15) is 42.3 Å². The van der Waals surface area contributed by atoms with Gasteiger partial charge in [0.25, 0.3) is 0 Å². The summed E-state index contributed by atoms with van der Waals surface area (Å²) in [6.07, 6.45) is -4.37. The Hall–Kier alpha value is -3.48. The number of carboxylic acid groups (broad SMARTS) is 1. The maximum Gasteiger partial charge on any atom is 0.471 e. The molecule has 1 aromatic carbocycles. The highest BCUT2D eigenvalue weighted by Crippen LogP contribution is 2.21. The Balaban J connectivity index is 2.17. The van der Waals surface area contributed by atoms with Gasteiger partial charge in [-0.3, -0.25) is 24.5 Å². The van der Waals surface area contributed by atoms with Crippen molar-refractivity contribution in [2.45, 2.75) is 69.8 Å². The van der Waals surface area contributed by atoms with E-state index >= 15 is 0 Å². The molecule has 1 saturated heterocycles. The van der Waals surface area contributed by atoms with Crippen LogP contribution < -0.4 is 10.6 Å². The Labute approximate surface area is 217 Å². The van der Waals surface area contributed by atoms with Crippen LogP contribution in [0.4, 0.5) is 13.2 Å². The number of halogens is 3. The molecule has 0 radical (unpaired) electrons. The summed E-state index contributed by atoms with van der Waals surface area (Å²) in [7, 11) is 0. The first-order valence-electron chi connectivity index (χ1n) is 12.3. The number of benzene rings is 1. The lowest BCUT2D eigenvalue weighted by molar-refractivity contribution is -0.173. The summed E-state index contributed by atoms with van der Waals surface area (Å²) < 4.78 is 42.2. The summed E-state index contributed by atoms with van der Waals surface area (Å²) in [4.78, 5) is 62.7. The van der Waals surface area contributed by atoms with E-state index in [2.05, 4.69) is 5.32 Å². The molecule has 2 rings (SSSR count). The average molecular weight is 544 g/mol. The fraction of sp³-hybridized carbons (Fsp3) is 0.560. The Bertz CT molecular complexity index is 988. The van der Waals surface area contributed by atoms with Gasteiger partial charge >= 0.3 is 24.0 Å². The molecule has 210 valence electrons. The number of likely N-dealkylation sites (tertiary alicyclic amines) is 1. The van der Waals surface area contributed by atoms with Gasteiger partial charge in [-0.05, 0) is 39.0 Å². The summed E-state index contributed by atoms with van der Waals surface area (Å²) in [5.41, 5.74) is 0.345. The first-order chi connectivity index (χ1) is 18.0. The van der Waals surface area contributed by atoms with Gasteiger partial charge in [0.05, 0.1) is 12.6 Å². The monoisotopic (exact) mass is 543 g/mol. The number of aliphatic carboxylic acids is 1. The number of rotatable bonds is 14. The number of ketones is 1. The second kappa shape index (κ2) is 14.5. The molecule has 0 saturated carbocycles. The molecule has 2 amide bonds. The number of carbonyl (C=O) groups excluding carboxylic acids is 4. The predicted octanol–water partition coefficient (Wildman–Crippen LogP) is 2.07. The molecular formula is C25H32F3N3O7. The molecule has 1 heterocycles. The smallest absolute Gasteiger partial charge is 0.471 e. The van der Waals surface area contributed by atoms with E-state index in [4.69, 9.17) is 4.74 Å². The number of ether oxygens (including phenoxy) is 1. The lowest BCUT2D eigenvalue weighted by Gasteiger charge is -2.29. The van der Waals surface area contributed by atoms with Crippen LogP contribution in [0, 0.1) is 0 Å². The van der Waals surface area contributed by atoms with Crippen LogP contribution in [0.25, 0.3) is 0 Å². The zero-order chi connectivity index (χ0) is 28.3. The summed E-state index contributed by atoms with van der Waals surface area (Å²) in [5.74, 6) is -5.02. The van der Waals surface area contributed by atoms with E-state index in [1.807, 2.05) is 0 Å². The molecule has 3 atom stereocenters. The number of hydrogen-bond donors (Lipinski definition) is 3. The fourth-order valence-corrected chi connectivity index (χ4v) is 4.16. The molecule has 0 aromatic heterocycles. The minimum Gasteiger partial charge on any atom is -0.480 e. The quantitative estimate of drug-likeness (QED) is 0.184. The molecule has 1 unspecified atom stereocenters. The number of nitrogens with zero attached hydrogens (tertiary/aromatic N) is 1. The van der Waals surface area contributed by atoms with Crippen molar-refractivity contribution >= 4 is 29.5 Å². The van der Waals surface area contributed by atoms with Crippen LogP contribution in [-0.2, 0) is 23.9 Å². The molecule has 1 aliphatic heterocycles. The van der Waals surface area contributed by atoms with Crippen molar-refractivity contribution in [1.29, 1.82) is 0 Å². The molecule has 1 fully saturated rings. The summed E-state index contributed by atoms with van der Waals surface area (Å²) in [6, 6.07) is 4.78. The first-order valence-corrected chi connectivity index (χ1v) is 12.3. The summed E-state index contributed by atoms with van der Waals surface area (Å²) >= 11 is 0. The van der Waals surface area contributed by atoms with Gasteiger partial charge in [-0.1, -0.05) is 30.3 Å². The maximum absolute atomic E-state index is 13.4. The van der Waals surface area contributed by atoms with Gasteiger partial charge in [0, 0.05) is 25.1 Å². The Kier molecular flexibility index (Phi) is 11.7. The summed E-state index contributed by atoms with van der Waals surface area (Å²) in [6.45, 7) is 1.48. The molecule has 3 N–H and O–H groups in total. The Morgan fingerprint density at radius 2 is 1.79 bits per heavy atom. The summed E-state index contributed by atoms with van der Waals surface area (Å²) in [5, 5.41) is 14.1. The number of nitrogens with one attached hydrogen (secondary N) is 2. The number of alkyl halides is 3. The minimum atomic E-state index is -5.01. The molecule has 38 heavy (non-hydrogen) atoms. The average Bonchev–Trinajstić information content (AvgIpc) is 3.37. The normalized spacial score (nSPS) is 16.9. The second-order valence-electron chi connectivity index (χ2n) is 8.79. The van der Waals surface area contributed by atoms with Gasteiger partial charge in [0.1, 0.15) is 12.1 Å². The van der Waals surface area contributed by atoms with Gasteiger partial charge in [-0.25, -0.2) is 4.79 Å². The van der Waals surface area contributed by atoms with Crippen molar-refractivity contribution in [1.82, 2.24) is 15.5 Å². The molecular weight excluding hydrogens is 511 g/mol. The zero-order valence-corrected chi connectivity index (χ0v) is 21.0. The van der Waals surface area contributed by atoms with Crippen molar-refractivity contribution < 1.29 is 47.0 Å².